The quantitative estimate of drug-likeness (QED) is 0.480. The van der Waals surface area contributed by atoms with Gasteiger partial charge in [0.05, 0.1) is 37.2 Å². The number of ether oxygens (including phenoxy) is 2. The highest BCUT2D eigenvalue weighted by Crippen LogP contribution is 2.53. The molecule has 3 aliphatic heterocycles. The molecule has 3 atom stereocenters. The molecule has 0 spiro atoms. The molecular formula is C31H39N7O2. The van der Waals surface area contributed by atoms with E-state index < -0.39 is 0 Å². The van der Waals surface area contributed by atoms with E-state index >= 15 is 0 Å². The number of aryl methyl sites for hydroxylation is 1. The lowest BCUT2D eigenvalue weighted by Crippen LogP contribution is -2.54. The molecule has 9 heteroatoms. The van der Waals surface area contributed by atoms with Crippen molar-refractivity contribution in [1.29, 1.82) is 0 Å². The van der Waals surface area contributed by atoms with Crippen LogP contribution >= 0.6 is 0 Å². The molecule has 2 saturated heterocycles. The molecule has 2 fully saturated rings. The van der Waals surface area contributed by atoms with Crippen LogP contribution in [0.2, 0.25) is 0 Å². The zero-order valence-electron chi connectivity index (χ0n) is 23.9. The van der Waals surface area contributed by atoms with Gasteiger partial charge in [-0.2, -0.15) is 4.98 Å². The van der Waals surface area contributed by atoms with E-state index in [9.17, 15) is 0 Å². The maximum absolute atomic E-state index is 6.38. The molecule has 40 heavy (non-hydrogen) atoms. The Kier molecular flexibility index (Phi) is 6.21. The van der Waals surface area contributed by atoms with Crippen molar-refractivity contribution in [3.05, 3.63) is 59.4 Å². The predicted octanol–water partition coefficient (Wildman–Crippen LogP) is 4.64. The minimum Gasteiger partial charge on any atom is -0.378 e. The van der Waals surface area contributed by atoms with Crippen LogP contribution in [0.15, 0.2) is 42.6 Å². The highest BCUT2D eigenvalue weighted by Gasteiger charge is 2.55. The topological polar surface area (TPSA) is 87.7 Å². The van der Waals surface area contributed by atoms with Crippen molar-refractivity contribution >= 4 is 29.0 Å². The van der Waals surface area contributed by atoms with E-state index in [1.54, 1.807) is 0 Å². The molecule has 0 bridgehead atoms. The number of nitrogens with one attached hydrogen (secondary N) is 2. The van der Waals surface area contributed by atoms with Gasteiger partial charge in [0, 0.05) is 47.7 Å². The highest BCUT2D eigenvalue weighted by atomic mass is 16.5. The first-order chi connectivity index (χ1) is 19.3. The Morgan fingerprint density at radius 3 is 2.58 bits per heavy atom. The van der Waals surface area contributed by atoms with E-state index in [-0.39, 0.29) is 23.1 Å². The van der Waals surface area contributed by atoms with Gasteiger partial charge in [-0.05, 0) is 76.1 Å². The lowest BCUT2D eigenvalue weighted by Gasteiger charge is -2.46. The Labute approximate surface area is 236 Å². The number of hydrogen-bond donors (Lipinski definition) is 2. The van der Waals surface area contributed by atoms with Gasteiger partial charge in [0.2, 0.25) is 5.95 Å². The van der Waals surface area contributed by atoms with E-state index in [4.69, 9.17) is 24.4 Å². The normalized spacial score (nSPS) is 26.8. The standard InChI is InChI=1S/C31H39N7O2/c1-30(2)17-25-31(3,19-40-30)23-18-33-29(34-21-7-9-22(10-8-21)37-13-15-39-16-14-37)36-28(23)38(25)26-12-6-20-5-11-24(32-4)27(20)35-26/h6-10,12,18,24-25,32H,5,11,13-17,19H2,1-4H3,(H,33,34,36)/t24-,25+,31+/m1/s1. The minimum absolute atomic E-state index is 0.170. The fourth-order valence-corrected chi connectivity index (χ4v) is 6.82. The molecule has 210 valence electrons. The van der Waals surface area contributed by atoms with Crippen LogP contribution in [0.5, 0.6) is 0 Å². The lowest BCUT2D eigenvalue weighted by atomic mass is 9.73. The van der Waals surface area contributed by atoms with Crippen LogP contribution in [0.4, 0.5) is 29.0 Å². The zero-order chi connectivity index (χ0) is 27.5. The van der Waals surface area contributed by atoms with Crippen molar-refractivity contribution in [2.24, 2.45) is 0 Å². The van der Waals surface area contributed by atoms with Crippen LogP contribution in [-0.4, -0.2) is 66.6 Å². The molecule has 0 saturated carbocycles. The Bertz CT molecular complexity index is 1410. The van der Waals surface area contributed by atoms with Crippen molar-refractivity contribution in [3.8, 4) is 0 Å². The minimum atomic E-state index is -0.231. The van der Waals surface area contributed by atoms with Gasteiger partial charge in [-0.15, -0.1) is 0 Å². The summed E-state index contributed by atoms with van der Waals surface area (Å²) >= 11 is 0. The Morgan fingerprint density at radius 2 is 1.80 bits per heavy atom. The van der Waals surface area contributed by atoms with E-state index in [2.05, 4.69) is 77.6 Å². The average Bonchev–Trinajstić information content (AvgIpc) is 3.49. The van der Waals surface area contributed by atoms with Crippen molar-refractivity contribution in [2.45, 2.75) is 63.1 Å². The Hall–Kier alpha value is -3.27. The maximum atomic E-state index is 6.38. The third-order valence-electron chi connectivity index (χ3n) is 9.23. The number of benzene rings is 1. The second-order valence-electron chi connectivity index (χ2n) is 12.4. The van der Waals surface area contributed by atoms with Gasteiger partial charge in [-0.1, -0.05) is 13.0 Å². The number of fused-ring (bicyclic) bond motifs is 4. The van der Waals surface area contributed by atoms with E-state index in [0.717, 1.165) is 74.1 Å². The molecule has 7 rings (SSSR count). The average molecular weight is 542 g/mol. The van der Waals surface area contributed by atoms with Crippen molar-refractivity contribution in [2.75, 3.05) is 55.1 Å². The Balaban J connectivity index is 1.24. The molecule has 0 amide bonds. The zero-order valence-corrected chi connectivity index (χ0v) is 23.9. The summed E-state index contributed by atoms with van der Waals surface area (Å²) in [6.45, 7) is 10.7. The first-order valence-electron chi connectivity index (χ1n) is 14.5. The summed E-state index contributed by atoms with van der Waals surface area (Å²) < 4.78 is 11.9. The molecule has 1 aliphatic carbocycles. The molecule has 5 heterocycles. The largest absolute Gasteiger partial charge is 0.378 e. The summed E-state index contributed by atoms with van der Waals surface area (Å²) in [6, 6.07) is 13.4. The van der Waals surface area contributed by atoms with Crippen LogP contribution in [-0.2, 0) is 21.3 Å². The third kappa shape index (κ3) is 4.31. The molecule has 2 N–H and O–H groups in total. The summed E-state index contributed by atoms with van der Waals surface area (Å²) in [5.41, 5.74) is 5.32. The van der Waals surface area contributed by atoms with E-state index in [0.29, 0.717) is 12.6 Å². The fraction of sp³-hybridized carbons (Fsp3) is 0.516. The second-order valence-corrected chi connectivity index (χ2v) is 12.4. The molecular weight excluding hydrogens is 502 g/mol. The van der Waals surface area contributed by atoms with Crippen molar-refractivity contribution < 1.29 is 9.47 Å². The number of morpholine rings is 1. The van der Waals surface area contributed by atoms with Gasteiger partial charge in [0.25, 0.3) is 0 Å². The molecule has 0 unspecified atom stereocenters. The van der Waals surface area contributed by atoms with Crippen molar-refractivity contribution in [1.82, 2.24) is 20.3 Å². The van der Waals surface area contributed by atoms with E-state index in [1.807, 2.05) is 13.2 Å². The summed E-state index contributed by atoms with van der Waals surface area (Å²) in [6.07, 6.45) is 5.01. The molecule has 9 nitrogen and oxygen atoms in total. The van der Waals surface area contributed by atoms with Gasteiger partial charge in [0.15, 0.2) is 0 Å². The molecule has 3 aromatic rings. The van der Waals surface area contributed by atoms with Gasteiger partial charge in [-0.25, -0.2) is 9.97 Å². The molecule has 0 radical (unpaired) electrons. The lowest BCUT2D eigenvalue weighted by molar-refractivity contribution is -0.0893. The van der Waals surface area contributed by atoms with Crippen molar-refractivity contribution in [3.63, 3.8) is 0 Å². The number of rotatable bonds is 5. The number of pyridine rings is 1. The van der Waals surface area contributed by atoms with Crippen LogP contribution in [0.25, 0.3) is 0 Å². The summed E-state index contributed by atoms with van der Waals surface area (Å²) in [5.74, 6) is 2.45. The second kappa shape index (κ2) is 9.68. The first kappa shape index (κ1) is 25.7. The highest BCUT2D eigenvalue weighted by molar-refractivity contribution is 5.71. The van der Waals surface area contributed by atoms with Crippen LogP contribution in [0, 0.1) is 0 Å². The van der Waals surface area contributed by atoms with Gasteiger partial charge < -0.3 is 29.9 Å². The van der Waals surface area contributed by atoms with Gasteiger partial charge in [-0.3, -0.25) is 0 Å². The Morgan fingerprint density at radius 1 is 1.00 bits per heavy atom. The van der Waals surface area contributed by atoms with Gasteiger partial charge >= 0.3 is 0 Å². The SMILES string of the molecule is CN[C@@H]1CCc2ccc(N3c4nc(Nc5ccc(N6CCOCC6)cc5)ncc4[C@]4(C)COC(C)(C)C[C@H]34)nc21. The summed E-state index contributed by atoms with van der Waals surface area (Å²) in [4.78, 5) is 19.9. The van der Waals surface area contributed by atoms with Gasteiger partial charge in [0.1, 0.15) is 11.6 Å². The monoisotopic (exact) mass is 541 g/mol. The summed E-state index contributed by atoms with van der Waals surface area (Å²) in [5, 5.41) is 6.90. The first-order valence-corrected chi connectivity index (χ1v) is 14.5. The molecule has 4 aliphatic rings. The maximum Gasteiger partial charge on any atom is 0.229 e. The fourth-order valence-electron chi connectivity index (χ4n) is 6.82. The molecule has 1 aromatic carbocycles. The number of aromatic nitrogens is 3. The number of nitrogens with zero attached hydrogens (tertiary/aromatic N) is 5. The van der Waals surface area contributed by atoms with Crippen LogP contribution in [0.3, 0.4) is 0 Å². The summed E-state index contributed by atoms with van der Waals surface area (Å²) in [7, 11) is 2.02. The molecule has 2 aromatic heterocycles. The predicted molar refractivity (Wildman–Crippen MR) is 157 cm³/mol. The number of anilines is 5. The van der Waals surface area contributed by atoms with Crippen LogP contribution in [0.1, 0.15) is 56.5 Å². The number of hydrogen-bond acceptors (Lipinski definition) is 9. The van der Waals surface area contributed by atoms with E-state index in [1.165, 1.54) is 11.3 Å². The third-order valence-corrected chi connectivity index (χ3v) is 9.23. The smallest absolute Gasteiger partial charge is 0.229 e. The van der Waals surface area contributed by atoms with Crippen LogP contribution < -0.4 is 20.4 Å².